The standard InChI is InChI=1S/C20H26O3/c1-20(2,3)18-11-7-10-16(12-17(22)13-21)19(18)23-14-15-8-5-4-6-9-15/h4-11,17,21-22H,12-14H2,1-3H3/t17-/m0/s1. The lowest BCUT2D eigenvalue weighted by Gasteiger charge is -2.25. The van der Waals surface area contributed by atoms with Gasteiger partial charge >= 0.3 is 0 Å². The van der Waals surface area contributed by atoms with E-state index in [2.05, 4.69) is 26.8 Å². The Kier molecular flexibility index (Phi) is 5.80. The second-order valence-corrected chi connectivity index (χ2v) is 6.86. The molecule has 2 aromatic carbocycles. The molecule has 0 saturated heterocycles. The molecule has 0 aromatic heterocycles. The van der Waals surface area contributed by atoms with Crippen molar-refractivity contribution in [1.82, 2.24) is 0 Å². The topological polar surface area (TPSA) is 49.7 Å². The molecule has 0 amide bonds. The molecule has 0 aliphatic rings. The number of ether oxygens (including phenoxy) is 1. The summed E-state index contributed by atoms with van der Waals surface area (Å²) in [6, 6.07) is 16.0. The average Bonchev–Trinajstić information content (AvgIpc) is 2.53. The van der Waals surface area contributed by atoms with Gasteiger partial charge in [0.2, 0.25) is 0 Å². The molecule has 0 bridgehead atoms. The third kappa shape index (κ3) is 4.81. The Bertz CT molecular complexity index is 615. The summed E-state index contributed by atoms with van der Waals surface area (Å²) < 4.78 is 6.13. The molecule has 0 aliphatic carbocycles. The van der Waals surface area contributed by atoms with Crippen molar-refractivity contribution in [3.05, 3.63) is 65.2 Å². The van der Waals surface area contributed by atoms with Crippen molar-refractivity contribution in [2.24, 2.45) is 0 Å². The molecule has 0 fully saturated rings. The Labute approximate surface area is 138 Å². The van der Waals surface area contributed by atoms with Crippen molar-refractivity contribution in [2.45, 2.75) is 45.3 Å². The van der Waals surface area contributed by atoms with Crippen molar-refractivity contribution < 1.29 is 14.9 Å². The van der Waals surface area contributed by atoms with E-state index in [0.717, 1.165) is 22.4 Å². The Hall–Kier alpha value is -1.84. The minimum atomic E-state index is -0.774. The van der Waals surface area contributed by atoms with Gasteiger partial charge in [0.15, 0.2) is 0 Å². The average molecular weight is 314 g/mol. The fourth-order valence-electron chi connectivity index (χ4n) is 2.55. The van der Waals surface area contributed by atoms with E-state index in [4.69, 9.17) is 9.84 Å². The van der Waals surface area contributed by atoms with Crippen LogP contribution in [0, 0.1) is 0 Å². The van der Waals surface area contributed by atoms with Gasteiger partial charge in [-0.3, -0.25) is 0 Å². The van der Waals surface area contributed by atoms with E-state index in [-0.39, 0.29) is 12.0 Å². The minimum absolute atomic E-state index is 0.0633. The number of para-hydroxylation sites is 1. The SMILES string of the molecule is CC(C)(C)c1cccc(C[C@H](O)CO)c1OCc1ccccc1. The van der Waals surface area contributed by atoms with Gasteiger partial charge in [0.25, 0.3) is 0 Å². The fraction of sp³-hybridized carbons (Fsp3) is 0.400. The number of hydrogen-bond acceptors (Lipinski definition) is 3. The second kappa shape index (κ2) is 7.62. The van der Waals surface area contributed by atoms with E-state index in [1.807, 2.05) is 42.5 Å². The zero-order valence-corrected chi connectivity index (χ0v) is 14.1. The van der Waals surface area contributed by atoms with E-state index in [0.29, 0.717) is 13.0 Å². The van der Waals surface area contributed by atoms with Crippen LogP contribution in [0.4, 0.5) is 0 Å². The summed E-state index contributed by atoms with van der Waals surface area (Å²) in [4.78, 5) is 0. The first-order chi connectivity index (χ1) is 10.9. The highest BCUT2D eigenvalue weighted by Crippen LogP contribution is 2.35. The smallest absolute Gasteiger partial charge is 0.126 e. The predicted molar refractivity (Wildman–Crippen MR) is 92.7 cm³/mol. The molecule has 0 spiro atoms. The van der Waals surface area contributed by atoms with Gasteiger partial charge in [-0.25, -0.2) is 0 Å². The predicted octanol–water partition coefficient (Wildman–Crippen LogP) is 3.46. The van der Waals surface area contributed by atoms with Crippen molar-refractivity contribution in [3.8, 4) is 5.75 Å². The molecule has 2 N–H and O–H groups in total. The highest BCUT2D eigenvalue weighted by Gasteiger charge is 2.22. The molecule has 124 valence electrons. The van der Waals surface area contributed by atoms with Gasteiger partial charge in [0.1, 0.15) is 12.4 Å². The first kappa shape index (κ1) is 17.5. The Morgan fingerprint density at radius 3 is 2.30 bits per heavy atom. The molecule has 3 nitrogen and oxygen atoms in total. The summed E-state index contributed by atoms with van der Waals surface area (Å²) in [5, 5.41) is 18.9. The van der Waals surface area contributed by atoms with Crippen molar-refractivity contribution >= 4 is 0 Å². The van der Waals surface area contributed by atoms with Crippen LogP contribution in [0.3, 0.4) is 0 Å². The van der Waals surface area contributed by atoms with E-state index < -0.39 is 6.10 Å². The highest BCUT2D eigenvalue weighted by molar-refractivity contribution is 5.45. The summed E-state index contributed by atoms with van der Waals surface area (Å²) >= 11 is 0. The van der Waals surface area contributed by atoms with Crippen LogP contribution in [-0.2, 0) is 18.4 Å². The van der Waals surface area contributed by atoms with E-state index in [9.17, 15) is 5.11 Å². The lowest BCUT2D eigenvalue weighted by atomic mass is 9.84. The molecular weight excluding hydrogens is 288 g/mol. The van der Waals surface area contributed by atoms with Crippen molar-refractivity contribution in [3.63, 3.8) is 0 Å². The monoisotopic (exact) mass is 314 g/mol. The number of aliphatic hydroxyl groups is 2. The van der Waals surface area contributed by atoms with Crippen LogP contribution in [0.15, 0.2) is 48.5 Å². The zero-order chi connectivity index (χ0) is 16.9. The van der Waals surface area contributed by atoms with Crippen LogP contribution >= 0.6 is 0 Å². The quantitative estimate of drug-likeness (QED) is 0.858. The first-order valence-electron chi connectivity index (χ1n) is 8.00. The van der Waals surface area contributed by atoms with Gasteiger partial charge in [0.05, 0.1) is 12.7 Å². The number of aliphatic hydroxyl groups excluding tert-OH is 2. The molecule has 0 aliphatic heterocycles. The number of benzene rings is 2. The van der Waals surface area contributed by atoms with Gasteiger partial charge in [-0.15, -0.1) is 0 Å². The summed E-state index contributed by atoms with van der Waals surface area (Å²) in [5.74, 6) is 0.816. The normalized spacial score (nSPS) is 12.9. The molecule has 23 heavy (non-hydrogen) atoms. The van der Waals surface area contributed by atoms with Crippen LogP contribution in [-0.4, -0.2) is 22.9 Å². The molecule has 0 saturated carbocycles. The van der Waals surface area contributed by atoms with Gasteiger partial charge in [0, 0.05) is 6.42 Å². The first-order valence-corrected chi connectivity index (χ1v) is 8.00. The van der Waals surface area contributed by atoms with Crippen LogP contribution < -0.4 is 4.74 Å². The molecule has 0 unspecified atom stereocenters. The lowest BCUT2D eigenvalue weighted by Crippen LogP contribution is -2.19. The third-order valence-electron chi connectivity index (χ3n) is 3.80. The molecule has 0 radical (unpaired) electrons. The molecule has 3 heteroatoms. The molecular formula is C20H26O3. The highest BCUT2D eigenvalue weighted by atomic mass is 16.5. The second-order valence-electron chi connectivity index (χ2n) is 6.86. The molecule has 2 rings (SSSR count). The summed E-state index contributed by atoms with van der Waals surface area (Å²) in [6.45, 7) is 6.66. The van der Waals surface area contributed by atoms with Crippen LogP contribution in [0.2, 0.25) is 0 Å². The van der Waals surface area contributed by atoms with Gasteiger partial charge < -0.3 is 14.9 Å². The van der Waals surface area contributed by atoms with E-state index >= 15 is 0 Å². The van der Waals surface area contributed by atoms with Crippen molar-refractivity contribution in [2.75, 3.05) is 6.61 Å². The Morgan fingerprint density at radius 2 is 1.70 bits per heavy atom. The van der Waals surface area contributed by atoms with Gasteiger partial charge in [-0.05, 0) is 22.1 Å². The van der Waals surface area contributed by atoms with Gasteiger partial charge in [-0.2, -0.15) is 0 Å². The van der Waals surface area contributed by atoms with Crippen LogP contribution in [0.1, 0.15) is 37.5 Å². The maximum Gasteiger partial charge on any atom is 0.126 e. The van der Waals surface area contributed by atoms with Crippen molar-refractivity contribution in [1.29, 1.82) is 0 Å². The largest absolute Gasteiger partial charge is 0.488 e. The van der Waals surface area contributed by atoms with Crippen LogP contribution in [0.5, 0.6) is 5.75 Å². The Morgan fingerprint density at radius 1 is 1.00 bits per heavy atom. The zero-order valence-electron chi connectivity index (χ0n) is 14.1. The number of rotatable bonds is 6. The number of hydrogen-bond donors (Lipinski definition) is 2. The van der Waals surface area contributed by atoms with E-state index in [1.54, 1.807) is 0 Å². The fourth-order valence-corrected chi connectivity index (χ4v) is 2.55. The maximum atomic E-state index is 9.81. The molecule has 1 atom stereocenters. The van der Waals surface area contributed by atoms with Crippen LogP contribution in [0.25, 0.3) is 0 Å². The summed E-state index contributed by atoms with van der Waals surface area (Å²) in [7, 11) is 0. The minimum Gasteiger partial charge on any atom is -0.488 e. The third-order valence-corrected chi connectivity index (χ3v) is 3.80. The maximum absolute atomic E-state index is 9.81. The molecule has 0 heterocycles. The Balaban J connectivity index is 2.32. The summed E-state index contributed by atoms with van der Waals surface area (Å²) in [6.07, 6.45) is -0.394. The van der Waals surface area contributed by atoms with E-state index in [1.165, 1.54) is 0 Å². The molecule has 2 aromatic rings. The van der Waals surface area contributed by atoms with Gasteiger partial charge in [-0.1, -0.05) is 69.3 Å². The lowest BCUT2D eigenvalue weighted by molar-refractivity contribution is 0.0946. The summed E-state index contributed by atoms with van der Waals surface area (Å²) in [5.41, 5.74) is 3.07.